The third-order valence-corrected chi connectivity index (χ3v) is 2.90. The molecule has 1 aromatic carbocycles. The number of halogens is 2. The third-order valence-electron chi connectivity index (χ3n) is 2.90. The quantitative estimate of drug-likeness (QED) is 0.630. The van der Waals surface area contributed by atoms with Gasteiger partial charge in [-0.1, -0.05) is 12.1 Å². The molecule has 6 heteroatoms. The highest BCUT2D eigenvalue weighted by Gasteiger charge is 2.11. The SMILES string of the molecule is NNC(Cc1ccncc1)c1ccc(OC(F)F)cc1. The Morgan fingerprint density at radius 3 is 2.30 bits per heavy atom. The molecule has 0 amide bonds. The molecule has 0 aliphatic carbocycles. The Hall–Kier alpha value is -2.05. The summed E-state index contributed by atoms with van der Waals surface area (Å²) in [5.74, 6) is 5.68. The molecule has 0 aliphatic rings. The van der Waals surface area contributed by atoms with Crippen LogP contribution in [0, 0.1) is 0 Å². The highest BCUT2D eigenvalue weighted by molar-refractivity contribution is 5.30. The zero-order valence-corrected chi connectivity index (χ0v) is 10.7. The molecule has 0 bridgehead atoms. The van der Waals surface area contributed by atoms with E-state index >= 15 is 0 Å². The maximum atomic E-state index is 12.1. The Balaban J connectivity index is 2.07. The van der Waals surface area contributed by atoms with Crippen molar-refractivity contribution in [2.75, 3.05) is 0 Å². The van der Waals surface area contributed by atoms with Gasteiger partial charge in [-0.15, -0.1) is 0 Å². The van der Waals surface area contributed by atoms with Crippen molar-refractivity contribution >= 4 is 0 Å². The minimum Gasteiger partial charge on any atom is -0.435 e. The van der Waals surface area contributed by atoms with Gasteiger partial charge < -0.3 is 4.74 Å². The number of ether oxygens (including phenoxy) is 1. The van der Waals surface area contributed by atoms with Crippen LogP contribution < -0.4 is 16.0 Å². The fourth-order valence-corrected chi connectivity index (χ4v) is 1.91. The van der Waals surface area contributed by atoms with E-state index in [1.54, 1.807) is 24.5 Å². The normalized spacial score (nSPS) is 12.4. The number of hydrogen-bond donors (Lipinski definition) is 2. The third kappa shape index (κ3) is 3.97. The summed E-state index contributed by atoms with van der Waals surface area (Å²) in [6, 6.07) is 10.1. The van der Waals surface area contributed by atoms with Crippen LogP contribution in [0.4, 0.5) is 8.78 Å². The fourth-order valence-electron chi connectivity index (χ4n) is 1.91. The molecule has 0 radical (unpaired) electrons. The molecule has 20 heavy (non-hydrogen) atoms. The van der Waals surface area contributed by atoms with Gasteiger partial charge in [-0.3, -0.25) is 16.3 Å². The molecule has 1 unspecified atom stereocenters. The van der Waals surface area contributed by atoms with E-state index in [2.05, 4.69) is 15.1 Å². The Morgan fingerprint density at radius 2 is 1.75 bits per heavy atom. The van der Waals surface area contributed by atoms with E-state index in [1.807, 2.05) is 12.1 Å². The highest BCUT2D eigenvalue weighted by Crippen LogP contribution is 2.21. The number of pyridine rings is 1. The number of nitrogens with zero attached hydrogens (tertiary/aromatic N) is 1. The minimum absolute atomic E-state index is 0.113. The largest absolute Gasteiger partial charge is 0.435 e. The predicted molar refractivity (Wildman–Crippen MR) is 71.1 cm³/mol. The van der Waals surface area contributed by atoms with Gasteiger partial charge >= 0.3 is 6.61 Å². The molecular weight excluding hydrogens is 264 g/mol. The van der Waals surface area contributed by atoms with Gasteiger partial charge in [0.15, 0.2) is 0 Å². The molecule has 2 aromatic rings. The van der Waals surface area contributed by atoms with Gasteiger partial charge in [0.1, 0.15) is 5.75 Å². The molecule has 0 spiro atoms. The summed E-state index contributed by atoms with van der Waals surface area (Å²) < 4.78 is 28.5. The van der Waals surface area contributed by atoms with Crippen LogP contribution in [-0.2, 0) is 6.42 Å². The molecule has 4 nitrogen and oxygen atoms in total. The van der Waals surface area contributed by atoms with E-state index in [0.29, 0.717) is 6.42 Å². The first-order valence-corrected chi connectivity index (χ1v) is 6.09. The van der Waals surface area contributed by atoms with E-state index < -0.39 is 6.61 Å². The Labute approximate surface area is 115 Å². The minimum atomic E-state index is -2.82. The number of hydrogen-bond acceptors (Lipinski definition) is 4. The second-order valence-electron chi connectivity index (χ2n) is 4.23. The van der Waals surface area contributed by atoms with Gasteiger partial charge in [-0.05, 0) is 41.8 Å². The van der Waals surface area contributed by atoms with Crippen LogP contribution in [0.2, 0.25) is 0 Å². The smallest absolute Gasteiger partial charge is 0.387 e. The van der Waals surface area contributed by atoms with Crippen molar-refractivity contribution in [3.05, 3.63) is 59.9 Å². The lowest BCUT2D eigenvalue weighted by Gasteiger charge is -2.17. The summed E-state index contributed by atoms with van der Waals surface area (Å²) in [6.07, 6.45) is 4.10. The summed E-state index contributed by atoms with van der Waals surface area (Å²) in [5, 5.41) is 0. The Morgan fingerprint density at radius 1 is 1.10 bits per heavy atom. The van der Waals surface area contributed by atoms with Gasteiger partial charge in [0.05, 0.1) is 0 Å². The van der Waals surface area contributed by atoms with E-state index in [4.69, 9.17) is 5.84 Å². The van der Waals surface area contributed by atoms with Gasteiger partial charge in [0.25, 0.3) is 0 Å². The van der Waals surface area contributed by atoms with E-state index in [9.17, 15) is 8.78 Å². The van der Waals surface area contributed by atoms with Crippen LogP contribution in [0.3, 0.4) is 0 Å². The van der Waals surface area contributed by atoms with E-state index in [0.717, 1.165) is 11.1 Å². The standard InChI is InChI=1S/C14H15F2N3O/c15-14(16)20-12-3-1-11(2-4-12)13(19-17)9-10-5-7-18-8-6-10/h1-8,13-14,19H,9,17H2. The van der Waals surface area contributed by atoms with E-state index in [-0.39, 0.29) is 11.8 Å². The molecule has 0 saturated heterocycles. The van der Waals surface area contributed by atoms with Gasteiger partial charge in [-0.25, -0.2) is 0 Å². The number of rotatable bonds is 6. The van der Waals surface area contributed by atoms with Crippen LogP contribution in [0.25, 0.3) is 0 Å². The van der Waals surface area contributed by atoms with Crippen LogP contribution >= 0.6 is 0 Å². The summed E-state index contributed by atoms with van der Waals surface area (Å²) in [5.41, 5.74) is 4.69. The van der Waals surface area contributed by atoms with Gasteiger partial charge in [-0.2, -0.15) is 8.78 Å². The van der Waals surface area contributed by atoms with Crippen LogP contribution in [0.5, 0.6) is 5.75 Å². The summed E-state index contributed by atoms with van der Waals surface area (Å²) in [7, 11) is 0. The monoisotopic (exact) mass is 279 g/mol. The molecular formula is C14H15F2N3O. The second-order valence-corrected chi connectivity index (χ2v) is 4.23. The first-order valence-electron chi connectivity index (χ1n) is 6.09. The lowest BCUT2D eigenvalue weighted by molar-refractivity contribution is -0.0498. The van der Waals surface area contributed by atoms with Gasteiger partial charge in [0, 0.05) is 18.4 Å². The second kappa shape index (κ2) is 6.93. The number of hydrazine groups is 1. The lowest BCUT2D eigenvalue weighted by Crippen LogP contribution is -2.29. The molecule has 3 N–H and O–H groups in total. The molecule has 1 heterocycles. The molecule has 1 aromatic heterocycles. The molecule has 106 valence electrons. The van der Waals surface area contributed by atoms with Crippen molar-refractivity contribution in [3.63, 3.8) is 0 Å². The fraction of sp³-hybridized carbons (Fsp3) is 0.214. The van der Waals surface area contributed by atoms with Crippen molar-refractivity contribution in [1.29, 1.82) is 0 Å². The number of aromatic nitrogens is 1. The summed E-state index contributed by atoms with van der Waals surface area (Å²) in [6.45, 7) is -2.82. The first-order chi connectivity index (χ1) is 9.69. The number of nitrogens with one attached hydrogen (secondary N) is 1. The maximum Gasteiger partial charge on any atom is 0.387 e. The number of nitrogens with two attached hydrogens (primary N) is 1. The first kappa shape index (κ1) is 14.4. The topological polar surface area (TPSA) is 60.2 Å². The highest BCUT2D eigenvalue weighted by atomic mass is 19.3. The number of benzene rings is 1. The van der Waals surface area contributed by atoms with Crippen molar-refractivity contribution in [2.24, 2.45) is 5.84 Å². The molecule has 0 aliphatic heterocycles. The molecule has 0 fully saturated rings. The summed E-state index contributed by atoms with van der Waals surface area (Å²) >= 11 is 0. The molecule has 1 atom stereocenters. The van der Waals surface area contributed by atoms with Crippen LogP contribution in [0.15, 0.2) is 48.8 Å². The van der Waals surface area contributed by atoms with E-state index in [1.165, 1.54) is 12.1 Å². The molecule has 0 saturated carbocycles. The zero-order chi connectivity index (χ0) is 14.4. The number of alkyl halides is 2. The lowest BCUT2D eigenvalue weighted by atomic mass is 10.00. The summed E-state index contributed by atoms with van der Waals surface area (Å²) in [4.78, 5) is 3.95. The zero-order valence-electron chi connectivity index (χ0n) is 10.7. The van der Waals surface area contributed by atoms with Crippen LogP contribution in [0.1, 0.15) is 17.2 Å². The van der Waals surface area contributed by atoms with Crippen molar-refractivity contribution in [1.82, 2.24) is 10.4 Å². The van der Waals surface area contributed by atoms with Crippen LogP contribution in [-0.4, -0.2) is 11.6 Å². The van der Waals surface area contributed by atoms with Crippen molar-refractivity contribution in [3.8, 4) is 5.75 Å². The average molecular weight is 279 g/mol. The Bertz CT molecular complexity index is 520. The molecule has 2 rings (SSSR count). The Kier molecular flexibility index (Phi) is 4.97. The maximum absolute atomic E-state index is 12.1. The van der Waals surface area contributed by atoms with Gasteiger partial charge in [0.2, 0.25) is 0 Å². The average Bonchev–Trinajstić information content (AvgIpc) is 2.46. The predicted octanol–water partition coefficient (Wildman–Crippen LogP) is 2.43. The van der Waals surface area contributed by atoms with Crippen molar-refractivity contribution < 1.29 is 13.5 Å². The van der Waals surface area contributed by atoms with Crippen molar-refractivity contribution in [2.45, 2.75) is 19.1 Å².